The molecular weight excluding hydrogens is 2080 g/mol. The van der Waals surface area contributed by atoms with Crippen molar-refractivity contribution in [2.75, 3.05) is 43.6 Å². The van der Waals surface area contributed by atoms with Crippen LogP contribution in [0.1, 0.15) is 85.0 Å². The van der Waals surface area contributed by atoms with Crippen LogP contribution in [0.5, 0.6) is 0 Å². The third-order valence-electron chi connectivity index (χ3n) is 19.1. The molecular formula is C84H71BrF4I3N15O20. The number of nitrogens with two attached hydrogens (primary N) is 3. The van der Waals surface area contributed by atoms with E-state index in [1.54, 1.807) is 188 Å². The number of alkyl halides is 5. The zero-order chi connectivity index (χ0) is 90.0. The first-order valence-electron chi connectivity index (χ1n) is 38.1. The molecule has 0 unspecified atom stereocenters. The predicted molar refractivity (Wildman–Crippen MR) is 469 cm³/mol. The monoisotopic (exact) mass is 2150 g/mol. The van der Waals surface area contributed by atoms with Gasteiger partial charge < -0.3 is 79.5 Å². The largest absolute Gasteiger partial charge is 0.459 e. The summed E-state index contributed by atoms with van der Waals surface area (Å²) in [6.07, 6.45) is -17.1. The predicted octanol–water partition coefficient (Wildman–Crippen LogP) is 11.0. The van der Waals surface area contributed by atoms with E-state index in [0.29, 0.717) is 57.5 Å². The van der Waals surface area contributed by atoms with Crippen LogP contribution in [0.2, 0.25) is 0 Å². The molecule has 0 radical (unpaired) electrons. The number of carbonyl (C=O) groups is 7. The number of rotatable bonds is 20. The number of hydrogen-bond acceptors (Lipinski definition) is 32. The van der Waals surface area contributed by atoms with Crippen LogP contribution < -0.4 is 17.2 Å². The van der Waals surface area contributed by atoms with Crippen LogP contribution >= 0.6 is 83.7 Å². The first-order chi connectivity index (χ1) is 61.3. The summed E-state index contributed by atoms with van der Waals surface area (Å²) in [5, 5.41) is 34.7. The Bertz CT molecular complexity index is 5960. The normalized spacial score (nSPS) is 22.6. The molecule has 9 N–H and O–H groups in total. The zero-order valence-corrected chi connectivity index (χ0v) is 73.5. The molecule has 7 aromatic carbocycles. The number of esters is 7. The SMILES string of the molecule is Nc1ncnc2c1c(I)nn2[C@@H]1O[C@H](CO)[C@@H](O)[C@@H]1F.Nc1ncnc2c1c(I)nn2[C@@H]1O[C@H](COC(=O)c2ccccc2)[C@@H](OC(=O)c2ccccc2)[C@@H]1F.Nc1ncnc2n[nH]c(I)c12.O=C(OC[C@H]1O[C@H](Br)[C@@H](F)[C@@H]1OC(=O)c1ccccc1)c1ccccc1.O=C(OC[C@H]1O[C@H](OC(=O)c2ccccc2)[C@@H](F)[C@@H]1OC(=O)c1ccccc1)c1ccccc1. The van der Waals surface area contributed by atoms with Crippen molar-refractivity contribution in [2.45, 2.75) is 97.3 Å². The average molecular weight is 2150 g/mol. The van der Waals surface area contributed by atoms with Crippen LogP contribution in [0.4, 0.5) is 35.0 Å². The Morgan fingerprint density at radius 2 is 0.717 bits per heavy atom. The van der Waals surface area contributed by atoms with E-state index in [2.05, 4.69) is 88.8 Å². The molecule has 10 heterocycles. The number of aromatic nitrogens is 12. The smallest absolute Gasteiger partial charge is 0.340 e. The number of aromatic amines is 1. The molecule has 0 bridgehead atoms. The summed E-state index contributed by atoms with van der Waals surface area (Å²) >= 11 is 9.03. The molecule has 13 aromatic rings. The fourth-order valence-corrected chi connectivity index (χ4v) is 15.5. The maximum atomic E-state index is 15.9. The fraction of sp³-hybridized carbons (Fsp3) is 0.238. The van der Waals surface area contributed by atoms with Gasteiger partial charge in [-0.3, -0.25) is 5.10 Å². The van der Waals surface area contributed by atoms with Crippen LogP contribution in [-0.2, 0) is 52.1 Å². The number of halogens is 8. The second-order valence-electron chi connectivity index (χ2n) is 27.4. The number of aliphatic hydroxyl groups is 2. The van der Waals surface area contributed by atoms with Crippen molar-refractivity contribution in [1.29, 1.82) is 0 Å². The number of H-pyrrole nitrogens is 1. The lowest BCUT2D eigenvalue weighted by atomic mass is 10.1. The molecule has 0 aliphatic carbocycles. The van der Waals surface area contributed by atoms with Gasteiger partial charge in [-0.1, -0.05) is 143 Å². The summed E-state index contributed by atoms with van der Waals surface area (Å²) in [6, 6.07) is 57.4. The van der Waals surface area contributed by atoms with Gasteiger partial charge in [0.25, 0.3) is 0 Å². The van der Waals surface area contributed by atoms with Crippen molar-refractivity contribution in [1.82, 2.24) is 59.7 Å². The Kier molecular flexibility index (Phi) is 31.7. The Morgan fingerprint density at radius 1 is 0.402 bits per heavy atom. The molecule has 0 amide bonds. The Morgan fingerprint density at radius 3 is 1.09 bits per heavy atom. The summed E-state index contributed by atoms with van der Waals surface area (Å²) in [6.45, 7) is -1.49. The van der Waals surface area contributed by atoms with Gasteiger partial charge >= 0.3 is 41.8 Å². The quantitative estimate of drug-likeness (QED) is 0.0136. The van der Waals surface area contributed by atoms with Crippen molar-refractivity contribution in [2.24, 2.45) is 0 Å². The molecule has 4 fully saturated rings. The van der Waals surface area contributed by atoms with E-state index in [9.17, 15) is 47.4 Å². The van der Waals surface area contributed by atoms with E-state index in [-0.39, 0.29) is 47.2 Å². The second-order valence-corrected chi connectivity index (χ2v) is 31.4. The van der Waals surface area contributed by atoms with Gasteiger partial charge in [0.15, 0.2) is 66.2 Å². The van der Waals surface area contributed by atoms with Crippen LogP contribution in [-0.4, -0.2) is 223 Å². The molecule has 16 atom stereocenters. The highest BCUT2D eigenvalue weighted by atomic mass is 127. The highest BCUT2D eigenvalue weighted by molar-refractivity contribution is 14.1. The van der Waals surface area contributed by atoms with Gasteiger partial charge in [0.05, 0.1) is 61.7 Å². The second kappa shape index (κ2) is 43.5. The van der Waals surface area contributed by atoms with Crippen LogP contribution in [0.25, 0.3) is 33.1 Å². The minimum atomic E-state index is -2.00. The van der Waals surface area contributed by atoms with Crippen molar-refractivity contribution in [3.63, 3.8) is 0 Å². The number of carbonyl (C=O) groups excluding carboxylic acids is 7. The number of benzene rings is 7. The van der Waals surface area contributed by atoms with E-state index in [1.807, 2.05) is 45.2 Å². The molecule has 17 rings (SSSR count). The Balaban J connectivity index is 0.000000141. The summed E-state index contributed by atoms with van der Waals surface area (Å²) in [5.41, 5.74) is 20.4. The van der Waals surface area contributed by atoms with Gasteiger partial charge in [-0.05, 0) is 153 Å². The lowest BCUT2D eigenvalue weighted by Gasteiger charge is -2.19. The standard InChI is InChI=1S/C26H21FO7.C24H19FIN5O5.C19H16BrFO5.C10H11FIN5O3.C5H4IN5/c27-21-22(33-24(29)18-12-6-2-7-13-18)20(16-31-23(28)17-10-4-1-5-11-17)32-26(21)34-25(30)19-14-8-3-9-15-19;25-17-18(36-24(33)14-9-5-2-6-10-14)15(11-34-23(32)13-7-3-1-4-8-13)35-22(17)31-21-16(19(26)30-31)20(27)28-12-29-21;20-17-15(21)16(26-19(23)13-9-5-2-6-10-13)14(25-17)11-24-18(22)12-7-3-1-4-8-12;11-5-6(19)3(1-18)20-10(5)17-9-4(7(12)16-17)8(13)14-2-15-9;6-3-2-4(7)8-1-9-5(2)11-10-3/h1-15,20-22,26H,16H2;1-10,12,15,17-18,22H,11H2,(H2,27,28,29);1-10,14-17H,11H2;2-3,5-6,10,18-19H,1H2,(H2,13,14,15);1H,(H3,7,8,9,10,11)/t20-,21+,22-,26-;15-,17+,18-,22-;14-,15+,16-,17+;3-,5+,6-,10-;/m1111./s1. The number of hydrogen-bond donors (Lipinski definition) is 6. The summed E-state index contributed by atoms with van der Waals surface area (Å²) in [4.78, 5) is 110. The van der Waals surface area contributed by atoms with Gasteiger partial charge in [-0.25, -0.2) is 90.4 Å². The zero-order valence-electron chi connectivity index (χ0n) is 65.4. The molecule has 4 saturated heterocycles. The summed E-state index contributed by atoms with van der Waals surface area (Å²) in [7, 11) is 0. The first-order valence-corrected chi connectivity index (χ1v) is 42.2. The van der Waals surface area contributed by atoms with Crippen molar-refractivity contribution >= 4 is 176 Å². The average Bonchev–Trinajstić information content (AvgIpc) is 1.68. The van der Waals surface area contributed by atoms with E-state index in [4.69, 9.17) is 74.4 Å². The molecule has 0 spiro atoms. The van der Waals surface area contributed by atoms with Crippen LogP contribution in [0, 0.1) is 11.1 Å². The lowest BCUT2D eigenvalue weighted by Crippen LogP contribution is -2.37. The van der Waals surface area contributed by atoms with Gasteiger partial charge in [0.1, 0.15) is 103 Å². The number of nitrogens with zero attached hydrogens (tertiary/aromatic N) is 11. The van der Waals surface area contributed by atoms with Crippen LogP contribution in [0.3, 0.4) is 0 Å². The number of nitrogen functional groups attached to an aromatic ring is 3. The summed E-state index contributed by atoms with van der Waals surface area (Å²) in [5.74, 6) is -3.94. The molecule has 35 nitrogen and oxygen atoms in total. The first kappa shape index (κ1) is 92.7. The number of anilines is 3. The minimum Gasteiger partial charge on any atom is -0.459 e. The van der Waals surface area contributed by atoms with E-state index in [1.165, 1.54) is 52.6 Å². The summed E-state index contributed by atoms with van der Waals surface area (Å²) < 4.78 is 123. The van der Waals surface area contributed by atoms with Gasteiger partial charge in [0, 0.05) is 0 Å². The molecule has 4 aliphatic heterocycles. The van der Waals surface area contributed by atoms with E-state index in [0.717, 1.165) is 9.09 Å². The number of nitrogens with one attached hydrogen (secondary N) is 1. The molecule has 4 aliphatic rings. The maximum absolute atomic E-state index is 15.9. The Hall–Kier alpha value is -12.0. The van der Waals surface area contributed by atoms with Crippen molar-refractivity contribution in [3.05, 3.63) is 281 Å². The van der Waals surface area contributed by atoms with Gasteiger partial charge in [-0.2, -0.15) is 15.3 Å². The topological polar surface area (TPSA) is 481 Å². The van der Waals surface area contributed by atoms with Gasteiger partial charge in [-0.15, -0.1) is 0 Å². The Labute approximate surface area is 765 Å². The van der Waals surface area contributed by atoms with E-state index < -0.39 is 152 Å². The van der Waals surface area contributed by atoms with Gasteiger partial charge in [0.2, 0.25) is 12.5 Å². The molecule has 43 heteroatoms. The third-order valence-corrected chi connectivity index (χ3v) is 22.2. The molecule has 0 saturated carbocycles. The maximum Gasteiger partial charge on any atom is 0.340 e. The molecule has 127 heavy (non-hydrogen) atoms. The molecule has 658 valence electrons. The lowest BCUT2D eigenvalue weighted by molar-refractivity contribution is -0.129. The molecule has 6 aromatic heterocycles. The van der Waals surface area contributed by atoms with E-state index >= 15 is 8.78 Å². The van der Waals surface area contributed by atoms with Crippen molar-refractivity contribution < 1.29 is 113 Å². The third kappa shape index (κ3) is 22.5. The number of fused-ring (bicyclic) bond motifs is 3. The highest BCUT2D eigenvalue weighted by Gasteiger charge is 2.53. The van der Waals surface area contributed by atoms with Crippen LogP contribution in [0.15, 0.2) is 231 Å². The number of ether oxygens (including phenoxy) is 11. The van der Waals surface area contributed by atoms with Crippen molar-refractivity contribution in [3.8, 4) is 0 Å². The fourth-order valence-electron chi connectivity index (χ4n) is 12.8. The minimum absolute atomic E-state index is 0.185. The number of aliphatic hydroxyl groups excluding tert-OH is 2. The highest BCUT2D eigenvalue weighted by Crippen LogP contribution is 2.40.